The van der Waals surface area contributed by atoms with Gasteiger partial charge in [-0.05, 0) is 53.5 Å². The SMILES string of the molecule is CC.COc1cc2c(cc1C(C)C)C(=O)C=C1C2CCCC1(C)C. The number of ether oxygens (including phenoxy) is 1. The minimum atomic E-state index is 0.125. The number of methoxy groups -OCH3 is 1. The average molecular weight is 328 g/mol. The van der Waals surface area contributed by atoms with Gasteiger partial charge in [0, 0.05) is 11.5 Å². The Morgan fingerprint density at radius 2 is 1.88 bits per heavy atom. The van der Waals surface area contributed by atoms with Crippen LogP contribution in [0.1, 0.15) is 94.1 Å². The van der Waals surface area contributed by atoms with E-state index in [0.717, 1.165) is 23.3 Å². The summed E-state index contributed by atoms with van der Waals surface area (Å²) in [5, 5.41) is 0. The maximum Gasteiger partial charge on any atom is 0.186 e. The van der Waals surface area contributed by atoms with Crippen molar-refractivity contribution in [3.05, 3.63) is 40.5 Å². The highest BCUT2D eigenvalue weighted by atomic mass is 16.5. The van der Waals surface area contributed by atoms with Gasteiger partial charge in [0.2, 0.25) is 0 Å². The van der Waals surface area contributed by atoms with E-state index in [0.29, 0.717) is 11.8 Å². The van der Waals surface area contributed by atoms with E-state index in [1.54, 1.807) is 7.11 Å². The van der Waals surface area contributed by atoms with Crippen LogP contribution in [-0.2, 0) is 0 Å². The molecule has 0 spiro atoms. The van der Waals surface area contributed by atoms with Crippen molar-refractivity contribution in [1.29, 1.82) is 0 Å². The molecular formula is C22H32O2. The fraction of sp³-hybridized carbons (Fsp3) is 0.591. The number of allylic oxidation sites excluding steroid dienone is 2. The lowest BCUT2D eigenvalue weighted by Crippen LogP contribution is -2.30. The van der Waals surface area contributed by atoms with Gasteiger partial charge in [-0.3, -0.25) is 4.79 Å². The molecule has 1 aromatic rings. The summed E-state index contributed by atoms with van der Waals surface area (Å²) in [6.07, 6.45) is 5.44. The van der Waals surface area contributed by atoms with Crippen LogP contribution in [0.15, 0.2) is 23.8 Å². The van der Waals surface area contributed by atoms with Crippen LogP contribution in [-0.4, -0.2) is 12.9 Å². The molecule has 0 radical (unpaired) electrons. The molecule has 0 saturated heterocycles. The first-order valence-electron chi connectivity index (χ1n) is 9.33. The second kappa shape index (κ2) is 7.13. The fourth-order valence-electron chi connectivity index (χ4n) is 4.10. The topological polar surface area (TPSA) is 26.3 Å². The van der Waals surface area contributed by atoms with Crippen LogP contribution in [0, 0.1) is 5.41 Å². The summed E-state index contributed by atoms with van der Waals surface area (Å²) in [7, 11) is 1.72. The molecule has 1 saturated carbocycles. The van der Waals surface area contributed by atoms with Crippen LogP contribution in [0.5, 0.6) is 5.75 Å². The molecule has 132 valence electrons. The predicted octanol–water partition coefficient (Wildman–Crippen LogP) is 6.26. The zero-order chi connectivity index (χ0) is 18.1. The monoisotopic (exact) mass is 328 g/mol. The van der Waals surface area contributed by atoms with Gasteiger partial charge in [-0.25, -0.2) is 0 Å². The molecule has 2 nitrogen and oxygen atoms in total. The molecule has 1 unspecified atom stereocenters. The van der Waals surface area contributed by atoms with Gasteiger partial charge >= 0.3 is 0 Å². The van der Waals surface area contributed by atoms with Gasteiger partial charge in [0.1, 0.15) is 5.75 Å². The van der Waals surface area contributed by atoms with Gasteiger partial charge in [0.05, 0.1) is 7.11 Å². The zero-order valence-electron chi connectivity index (χ0n) is 16.3. The van der Waals surface area contributed by atoms with Crippen molar-refractivity contribution in [1.82, 2.24) is 0 Å². The Kier molecular flexibility index (Phi) is 5.57. The predicted molar refractivity (Wildman–Crippen MR) is 101 cm³/mol. The summed E-state index contributed by atoms with van der Waals surface area (Å²) in [5.41, 5.74) is 4.63. The lowest BCUT2D eigenvalue weighted by molar-refractivity contribution is 0.103. The van der Waals surface area contributed by atoms with E-state index in [4.69, 9.17) is 4.74 Å². The molecule has 0 N–H and O–H groups in total. The largest absolute Gasteiger partial charge is 0.496 e. The number of rotatable bonds is 2. The number of ketones is 1. The third kappa shape index (κ3) is 3.16. The minimum absolute atomic E-state index is 0.125. The number of hydrogen-bond donors (Lipinski definition) is 0. The third-order valence-corrected chi connectivity index (χ3v) is 5.40. The Bertz CT molecular complexity index is 650. The smallest absolute Gasteiger partial charge is 0.186 e. The lowest BCUT2D eigenvalue weighted by Gasteiger charge is -2.41. The Labute approximate surface area is 147 Å². The van der Waals surface area contributed by atoms with Gasteiger partial charge in [-0.15, -0.1) is 0 Å². The molecule has 1 fully saturated rings. The number of benzene rings is 1. The average Bonchev–Trinajstić information content (AvgIpc) is 2.56. The molecule has 0 aromatic heterocycles. The summed E-state index contributed by atoms with van der Waals surface area (Å²) < 4.78 is 5.61. The summed E-state index contributed by atoms with van der Waals surface area (Å²) in [4.78, 5) is 12.7. The molecule has 2 heteroatoms. The Balaban J connectivity index is 0.00000100. The van der Waals surface area contributed by atoms with Gasteiger partial charge in [0.15, 0.2) is 5.78 Å². The minimum Gasteiger partial charge on any atom is -0.496 e. The molecule has 1 atom stereocenters. The van der Waals surface area contributed by atoms with E-state index in [-0.39, 0.29) is 11.2 Å². The van der Waals surface area contributed by atoms with E-state index < -0.39 is 0 Å². The standard InChI is InChI=1S/C20H26O2.C2H6/c1-12(2)14-9-16-15(10-19(14)22-5)13-7-6-8-20(3,4)17(13)11-18(16)21;1-2/h9-13H,6-8H2,1-5H3;1-2H3. The van der Waals surface area contributed by atoms with Crippen LogP contribution in [0.25, 0.3) is 0 Å². The van der Waals surface area contributed by atoms with Crippen LogP contribution in [0.2, 0.25) is 0 Å². The van der Waals surface area contributed by atoms with E-state index in [1.807, 2.05) is 19.9 Å². The van der Waals surface area contributed by atoms with Crippen molar-refractivity contribution in [2.75, 3.05) is 7.11 Å². The highest BCUT2D eigenvalue weighted by Gasteiger charge is 2.39. The zero-order valence-corrected chi connectivity index (χ0v) is 16.3. The van der Waals surface area contributed by atoms with Crippen LogP contribution >= 0.6 is 0 Å². The first-order valence-corrected chi connectivity index (χ1v) is 9.33. The van der Waals surface area contributed by atoms with Gasteiger partial charge in [0.25, 0.3) is 0 Å². The highest BCUT2D eigenvalue weighted by molar-refractivity contribution is 6.08. The molecular weight excluding hydrogens is 296 g/mol. The molecule has 24 heavy (non-hydrogen) atoms. The van der Waals surface area contributed by atoms with Crippen LogP contribution < -0.4 is 4.74 Å². The number of carbonyl (C=O) groups excluding carboxylic acids is 1. The van der Waals surface area contributed by atoms with Crippen molar-refractivity contribution in [3.63, 3.8) is 0 Å². The molecule has 0 aliphatic heterocycles. The molecule has 0 heterocycles. The molecule has 0 amide bonds. The third-order valence-electron chi connectivity index (χ3n) is 5.40. The maximum absolute atomic E-state index is 12.7. The molecule has 1 aromatic carbocycles. The van der Waals surface area contributed by atoms with Crippen molar-refractivity contribution in [2.45, 2.75) is 72.6 Å². The Morgan fingerprint density at radius 3 is 2.46 bits per heavy atom. The molecule has 3 rings (SSSR count). The van der Waals surface area contributed by atoms with Crippen LogP contribution in [0.3, 0.4) is 0 Å². The van der Waals surface area contributed by atoms with Crippen molar-refractivity contribution in [2.24, 2.45) is 5.41 Å². The summed E-state index contributed by atoms with van der Waals surface area (Å²) in [5.74, 6) is 1.82. The van der Waals surface area contributed by atoms with E-state index in [2.05, 4.69) is 39.8 Å². The van der Waals surface area contributed by atoms with Crippen molar-refractivity contribution >= 4 is 5.78 Å². The van der Waals surface area contributed by atoms with Crippen molar-refractivity contribution in [3.8, 4) is 5.75 Å². The first-order chi connectivity index (χ1) is 11.3. The summed E-state index contributed by atoms with van der Waals surface area (Å²) in [6, 6.07) is 4.19. The molecule has 2 aliphatic carbocycles. The number of hydrogen-bond acceptors (Lipinski definition) is 2. The van der Waals surface area contributed by atoms with E-state index in [9.17, 15) is 4.79 Å². The second-order valence-corrected chi connectivity index (χ2v) is 7.63. The lowest BCUT2D eigenvalue weighted by atomic mass is 9.63. The van der Waals surface area contributed by atoms with Crippen molar-refractivity contribution < 1.29 is 9.53 Å². The van der Waals surface area contributed by atoms with Crippen LogP contribution in [0.4, 0.5) is 0 Å². The van der Waals surface area contributed by atoms with E-state index in [1.165, 1.54) is 24.0 Å². The highest BCUT2D eigenvalue weighted by Crippen LogP contribution is 2.51. The maximum atomic E-state index is 12.7. The molecule has 2 aliphatic rings. The Hall–Kier alpha value is -1.57. The molecule has 0 bridgehead atoms. The van der Waals surface area contributed by atoms with Gasteiger partial charge < -0.3 is 4.74 Å². The number of carbonyl (C=O) groups is 1. The van der Waals surface area contributed by atoms with Gasteiger partial charge in [-0.1, -0.05) is 53.5 Å². The summed E-state index contributed by atoms with van der Waals surface area (Å²) >= 11 is 0. The first kappa shape index (κ1) is 18.8. The van der Waals surface area contributed by atoms with E-state index >= 15 is 0 Å². The quantitative estimate of drug-likeness (QED) is 0.640. The summed E-state index contributed by atoms with van der Waals surface area (Å²) in [6.45, 7) is 12.8. The second-order valence-electron chi connectivity index (χ2n) is 7.63. The Morgan fingerprint density at radius 1 is 1.21 bits per heavy atom. The normalized spacial score (nSPS) is 21.2. The number of fused-ring (bicyclic) bond motifs is 3. The fourth-order valence-corrected chi connectivity index (χ4v) is 4.10. The van der Waals surface area contributed by atoms with Gasteiger partial charge in [-0.2, -0.15) is 0 Å².